The van der Waals surface area contributed by atoms with E-state index in [-0.39, 0.29) is 18.0 Å². The lowest BCUT2D eigenvalue weighted by atomic mass is 9.79. The number of para-hydroxylation sites is 1. The third kappa shape index (κ3) is 7.47. The second-order valence-corrected chi connectivity index (χ2v) is 14.5. The number of benzene rings is 2. The summed E-state index contributed by atoms with van der Waals surface area (Å²) in [7, 11) is 0. The molecule has 3 fully saturated rings. The Hall–Kier alpha value is -3.68. The highest BCUT2D eigenvalue weighted by Crippen LogP contribution is 2.32. The molecule has 1 atom stereocenters. The predicted molar refractivity (Wildman–Crippen MR) is 186 cm³/mol. The Morgan fingerprint density at radius 3 is 2.52 bits per heavy atom. The van der Waals surface area contributed by atoms with Crippen molar-refractivity contribution in [1.82, 2.24) is 35.7 Å². The summed E-state index contributed by atoms with van der Waals surface area (Å²) in [6.45, 7) is 5.21. The Balaban J connectivity index is 0.967. The largest absolute Gasteiger partial charge is 0.426 e. The maximum Gasteiger partial charge on any atom is 0.426 e. The molecule has 0 bridgehead atoms. The first-order valence-corrected chi connectivity index (χ1v) is 18.2. The van der Waals surface area contributed by atoms with Crippen molar-refractivity contribution in [1.29, 1.82) is 0 Å². The van der Waals surface area contributed by atoms with Gasteiger partial charge < -0.3 is 30.6 Å². The smallest absolute Gasteiger partial charge is 0.351 e. The number of anilines is 1. The molecule has 0 aliphatic carbocycles. The van der Waals surface area contributed by atoms with E-state index >= 15 is 0 Å². The van der Waals surface area contributed by atoms with Gasteiger partial charge >= 0.3 is 12.1 Å². The van der Waals surface area contributed by atoms with Crippen LogP contribution in [-0.4, -0.2) is 101 Å². The predicted octanol–water partition coefficient (Wildman–Crippen LogP) is 4.67. The van der Waals surface area contributed by atoms with E-state index in [1.54, 1.807) is 11.3 Å². The first kappa shape index (κ1) is 32.8. The van der Waals surface area contributed by atoms with Crippen molar-refractivity contribution in [2.75, 3.05) is 51.1 Å². The van der Waals surface area contributed by atoms with Crippen LogP contribution in [0.3, 0.4) is 0 Å². The molecule has 48 heavy (non-hydrogen) atoms. The number of fused-ring (bicyclic) bond motifs is 2. The Morgan fingerprint density at radius 2 is 1.73 bits per heavy atom. The molecule has 0 saturated carbocycles. The number of hydrogen-bond donors (Lipinski definition) is 4. The zero-order valence-electron chi connectivity index (χ0n) is 27.3. The number of urea groups is 1. The molecule has 12 nitrogen and oxygen atoms in total. The van der Waals surface area contributed by atoms with Gasteiger partial charge in [-0.2, -0.15) is 5.10 Å². The standard InChI is InChI=1S/C35H45BrN8O4/c36-29-20-23(19-27-22-38-41-32(27)29)21-31(33(45)42-14-7-25(8-15-42)24-5-12-37-13-6-24)40-35(47)48-43-16-10-28(11-17-43)44-18-9-26-3-1-2-4-30(26)39-34(44)46/h1-4,19-20,22,24-25,28,31,37H,5-18,21H2,(H,38,41)(H,39,46)(H,40,47). The SMILES string of the molecule is O=C(NC(Cc1cc(Br)c2[nH]ncc2c1)C(=O)N1CCC(C2CCNCC2)CC1)ON1CCC(N2CCc3ccccc3NC2=O)CC1. The Bertz CT molecular complexity index is 1610. The third-order valence-electron chi connectivity index (χ3n) is 10.7. The molecular weight excluding hydrogens is 676 g/mol. The molecule has 4 N–H and O–H groups in total. The summed E-state index contributed by atoms with van der Waals surface area (Å²) in [4.78, 5) is 50.0. The van der Waals surface area contributed by atoms with E-state index in [0.29, 0.717) is 57.9 Å². The van der Waals surface area contributed by atoms with Crippen LogP contribution in [0.15, 0.2) is 47.1 Å². The fourth-order valence-electron chi connectivity index (χ4n) is 8.02. The van der Waals surface area contributed by atoms with Crippen LogP contribution in [0.2, 0.25) is 0 Å². The fourth-order valence-corrected chi connectivity index (χ4v) is 8.63. The molecule has 4 aliphatic heterocycles. The van der Waals surface area contributed by atoms with Gasteiger partial charge in [-0.05, 0) is 115 Å². The molecule has 4 aliphatic rings. The lowest BCUT2D eigenvalue weighted by molar-refractivity contribution is -0.137. The highest BCUT2D eigenvalue weighted by Gasteiger charge is 2.35. The van der Waals surface area contributed by atoms with Gasteiger partial charge in [-0.15, -0.1) is 5.06 Å². The Morgan fingerprint density at radius 1 is 0.979 bits per heavy atom. The molecule has 0 spiro atoms. The number of carbonyl (C=O) groups is 3. The van der Waals surface area contributed by atoms with Crippen LogP contribution in [0.4, 0.5) is 15.3 Å². The summed E-state index contributed by atoms with van der Waals surface area (Å²) in [5.74, 6) is 1.29. The summed E-state index contributed by atoms with van der Waals surface area (Å²) in [5, 5.41) is 19.2. The third-order valence-corrected chi connectivity index (χ3v) is 11.3. The van der Waals surface area contributed by atoms with E-state index in [0.717, 1.165) is 70.5 Å². The topological polar surface area (TPSA) is 135 Å². The van der Waals surface area contributed by atoms with Crippen molar-refractivity contribution in [3.05, 3.63) is 58.2 Å². The monoisotopic (exact) mass is 720 g/mol. The molecule has 5 heterocycles. The van der Waals surface area contributed by atoms with E-state index < -0.39 is 12.1 Å². The summed E-state index contributed by atoms with van der Waals surface area (Å²) in [5.41, 5.74) is 3.81. The van der Waals surface area contributed by atoms with Crippen LogP contribution in [-0.2, 0) is 22.5 Å². The zero-order chi connectivity index (χ0) is 33.0. The second-order valence-electron chi connectivity index (χ2n) is 13.6. The van der Waals surface area contributed by atoms with Crippen LogP contribution in [0.5, 0.6) is 0 Å². The van der Waals surface area contributed by atoms with Crippen LogP contribution in [0.25, 0.3) is 10.9 Å². The molecule has 2 aromatic carbocycles. The number of nitrogens with one attached hydrogen (secondary N) is 4. The lowest BCUT2D eigenvalue weighted by Crippen LogP contribution is -2.54. The molecule has 1 unspecified atom stereocenters. The van der Waals surface area contributed by atoms with Crippen molar-refractivity contribution < 1.29 is 19.2 Å². The van der Waals surface area contributed by atoms with E-state index in [2.05, 4.69) is 48.1 Å². The minimum absolute atomic E-state index is 0.0561. The van der Waals surface area contributed by atoms with E-state index in [4.69, 9.17) is 4.84 Å². The van der Waals surface area contributed by atoms with Crippen molar-refractivity contribution in [3.63, 3.8) is 0 Å². The fraction of sp³-hybridized carbons (Fsp3) is 0.543. The van der Waals surface area contributed by atoms with Crippen molar-refractivity contribution in [3.8, 4) is 0 Å². The van der Waals surface area contributed by atoms with Gasteiger partial charge in [0.05, 0.1) is 11.7 Å². The number of aromatic amines is 1. The molecule has 1 aromatic heterocycles. The number of hydrogen-bond acceptors (Lipinski definition) is 7. The van der Waals surface area contributed by atoms with Gasteiger partial charge in [0.15, 0.2) is 0 Å². The maximum absolute atomic E-state index is 14.0. The summed E-state index contributed by atoms with van der Waals surface area (Å²) < 4.78 is 0.855. The van der Waals surface area contributed by atoms with Gasteiger partial charge in [0.25, 0.3) is 0 Å². The Kier molecular flexibility index (Phi) is 10.2. The molecule has 7 rings (SSSR count). The molecule has 256 valence electrons. The van der Waals surface area contributed by atoms with Gasteiger partial charge in [-0.1, -0.05) is 18.2 Å². The number of carbonyl (C=O) groups excluding carboxylic acids is 3. The van der Waals surface area contributed by atoms with Crippen LogP contribution < -0.4 is 16.0 Å². The van der Waals surface area contributed by atoms with Gasteiger partial charge in [-0.25, -0.2) is 9.59 Å². The maximum atomic E-state index is 14.0. The number of piperidine rings is 3. The summed E-state index contributed by atoms with van der Waals surface area (Å²) >= 11 is 3.62. The number of likely N-dealkylation sites (tertiary alicyclic amines) is 1. The number of aromatic nitrogens is 2. The number of halogens is 1. The minimum atomic E-state index is -0.774. The van der Waals surface area contributed by atoms with Crippen LogP contribution in [0, 0.1) is 11.8 Å². The molecule has 3 saturated heterocycles. The molecule has 0 radical (unpaired) electrons. The first-order valence-electron chi connectivity index (χ1n) is 17.4. The Labute approximate surface area is 289 Å². The summed E-state index contributed by atoms with van der Waals surface area (Å²) in [6.07, 6.45) is 8.02. The van der Waals surface area contributed by atoms with E-state index in [1.807, 2.05) is 40.1 Å². The minimum Gasteiger partial charge on any atom is -0.351 e. The van der Waals surface area contributed by atoms with Crippen molar-refractivity contribution in [2.45, 2.75) is 63.5 Å². The molecular formula is C35H45BrN8O4. The number of nitrogens with zero attached hydrogens (tertiary/aromatic N) is 4. The lowest BCUT2D eigenvalue weighted by Gasteiger charge is -2.39. The first-order chi connectivity index (χ1) is 23.4. The normalized spacial score (nSPS) is 21.0. The highest BCUT2D eigenvalue weighted by atomic mass is 79.9. The zero-order valence-corrected chi connectivity index (χ0v) is 28.8. The molecule has 13 heteroatoms. The van der Waals surface area contributed by atoms with Crippen molar-refractivity contribution in [2.24, 2.45) is 11.8 Å². The van der Waals surface area contributed by atoms with E-state index in [9.17, 15) is 14.4 Å². The summed E-state index contributed by atoms with van der Waals surface area (Å²) in [6, 6.07) is 11.1. The quantitative estimate of drug-likeness (QED) is 0.279. The number of H-pyrrole nitrogens is 1. The highest BCUT2D eigenvalue weighted by molar-refractivity contribution is 9.10. The van der Waals surface area contributed by atoms with Gasteiger partial charge in [0, 0.05) is 60.7 Å². The average Bonchev–Trinajstić information content (AvgIpc) is 3.52. The van der Waals surface area contributed by atoms with E-state index in [1.165, 1.54) is 12.8 Å². The average molecular weight is 722 g/mol. The molecule has 4 amide bonds. The molecule has 3 aromatic rings. The number of rotatable bonds is 7. The van der Waals surface area contributed by atoms with Gasteiger partial charge in [0.2, 0.25) is 5.91 Å². The number of amides is 4. The van der Waals surface area contributed by atoms with Crippen LogP contribution in [0.1, 0.15) is 49.7 Å². The second kappa shape index (κ2) is 14.8. The van der Waals surface area contributed by atoms with Crippen molar-refractivity contribution >= 4 is 50.6 Å². The number of hydroxylamine groups is 2. The van der Waals surface area contributed by atoms with Gasteiger partial charge in [0.1, 0.15) is 6.04 Å². The van der Waals surface area contributed by atoms with Crippen LogP contribution >= 0.6 is 15.9 Å². The van der Waals surface area contributed by atoms with Gasteiger partial charge in [-0.3, -0.25) is 9.89 Å².